The summed E-state index contributed by atoms with van der Waals surface area (Å²) >= 11 is 3.03. The van der Waals surface area contributed by atoms with Gasteiger partial charge in [-0.2, -0.15) is 11.3 Å². The standard InChI is InChI=1S/C18H22N2O5S2/c1-11(2)6-14(18(23)24-3)20-15(21)8-25-16(22)7-13-10-27-17(19-13)12-4-5-26-9-12/h4-5,9-11,14H,6-8H2,1-3H3,(H,20,21). The maximum Gasteiger partial charge on any atom is 0.328 e. The summed E-state index contributed by atoms with van der Waals surface area (Å²) in [6, 6.07) is 1.21. The maximum atomic E-state index is 12.0. The molecule has 0 aromatic carbocycles. The number of hydrogen-bond acceptors (Lipinski definition) is 8. The Balaban J connectivity index is 1.80. The molecular formula is C18H22N2O5S2. The Hall–Kier alpha value is -2.26. The lowest BCUT2D eigenvalue weighted by atomic mass is 10.0. The predicted octanol–water partition coefficient (Wildman–Crippen LogP) is 2.66. The van der Waals surface area contributed by atoms with Gasteiger partial charge in [-0.3, -0.25) is 9.59 Å². The summed E-state index contributed by atoms with van der Waals surface area (Å²) in [5.41, 5.74) is 1.61. The van der Waals surface area contributed by atoms with Gasteiger partial charge < -0.3 is 14.8 Å². The van der Waals surface area contributed by atoms with Gasteiger partial charge in [-0.05, 0) is 23.8 Å². The van der Waals surface area contributed by atoms with Crippen molar-refractivity contribution >= 4 is 40.5 Å². The second-order valence-corrected chi connectivity index (χ2v) is 7.90. The number of thiophene rings is 1. The van der Waals surface area contributed by atoms with Gasteiger partial charge in [0, 0.05) is 16.3 Å². The smallest absolute Gasteiger partial charge is 0.328 e. The lowest BCUT2D eigenvalue weighted by Crippen LogP contribution is -2.44. The van der Waals surface area contributed by atoms with Crippen LogP contribution in [0, 0.1) is 5.92 Å². The molecule has 0 fully saturated rings. The summed E-state index contributed by atoms with van der Waals surface area (Å²) in [6.45, 7) is 3.41. The van der Waals surface area contributed by atoms with E-state index in [1.807, 2.05) is 30.7 Å². The van der Waals surface area contributed by atoms with E-state index >= 15 is 0 Å². The number of carbonyl (C=O) groups excluding carboxylic acids is 3. The van der Waals surface area contributed by atoms with Gasteiger partial charge in [0.15, 0.2) is 6.61 Å². The maximum absolute atomic E-state index is 12.0. The molecule has 1 unspecified atom stereocenters. The van der Waals surface area contributed by atoms with Gasteiger partial charge in [-0.15, -0.1) is 11.3 Å². The van der Waals surface area contributed by atoms with Crippen LogP contribution in [0.1, 0.15) is 26.0 Å². The fourth-order valence-electron chi connectivity index (χ4n) is 2.32. The number of ether oxygens (including phenoxy) is 2. The first-order valence-corrected chi connectivity index (χ1v) is 10.2. The quantitative estimate of drug-likeness (QED) is 0.639. The fraction of sp³-hybridized carbons (Fsp3) is 0.444. The minimum atomic E-state index is -0.757. The topological polar surface area (TPSA) is 94.6 Å². The first kappa shape index (κ1) is 21.0. The second-order valence-electron chi connectivity index (χ2n) is 6.27. The van der Waals surface area contributed by atoms with Gasteiger partial charge in [0.1, 0.15) is 11.0 Å². The Morgan fingerprint density at radius 1 is 1.26 bits per heavy atom. The van der Waals surface area contributed by atoms with Gasteiger partial charge >= 0.3 is 11.9 Å². The predicted molar refractivity (Wildman–Crippen MR) is 103 cm³/mol. The molecule has 1 amide bonds. The number of esters is 2. The van der Waals surface area contributed by atoms with E-state index < -0.39 is 30.5 Å². The molecule has 27 heavy (non-hydrogen) atoms. The summed E-state index contributed by atoms with van der Waals surface area (Å²) in [5.74, 6) is -1.42. The second kappa shape index (κ2) is 10.2. The number of thiazole rings is 1. The molecule has 0 radical (unpaired) electrons. The van der Waals surface area contributed by atoms with Crippen LogP contribution in [-0.2, 0) is 30.3 Å². The highest BCUT2D eigenvalue weighted by Crippen LogP contribution is 2.25. The zero-order valence-electron chi connectivity index (χ0n) is 15.4. The monoisotopic (exact) mass is 410 g/mol. The molecule has 0 aliphatic carbocycles. The SMILES string of the molecule is COC(=O)C(CC(C)C)NC(=O)COC(=O)Cc1csc(-c2ccsc2)n1. The Morgan fingerprint density at radius 2 is 2.04 bits per heavy atom. The molecule has 9 heteroatoms. The molecule has 2 rings (SSSR count). The van der Waals surface area contributed by atoms with E-state index in [2.05, 4.69) is 15.0 Å². The summed E-state index contributed by atoms with van der Waals surface area (Å²) in [5, 5.41) is 9.12. The third kappa shape index (κ3) is 6.76. The summed E-state index contributed by atoms with van der Waals surface area (Å²) in [4.78, 5) is 40.0. The number of nitrogens with one attached hydrogen (secondary N) is 1. The van der Waals surface area contributed by atoms with Crippen molar-refractivity contribution in [3.05, 3.63) is 27.9 Å². The van der Waals surface area contributed by atoms with E-state index in [1.165, 1.54) is 18.4 Å². The van der Waals surface area contributed by atoms with Crippen molar-refractivity contribution in [1.82, 2.24) is 10.3 Å². The molecule has 1 atom stereocenters. The zero-order chi connectivity index (χ0) is 19.8. The summed E-state index contributed by atoms with van der Waals surface area (Å²) in [6.07, 6.45) is 0.427. The number of rotatable bonds is 9. The van der Waals surface area contributed by atoms with Crippen LogP contribution in [0.3, 0.4) is 0 Å². The zero-order valence-corrected chi connectivity index (χ0v) is 17.0. The van der Waals surface area contributed by atoms with Crippen molar-refractivity contribution < 1.29 is 23.9 Å². The Kier molecular flexibility index (Phi) is 7.93. The average molecular weight is 411 g/mol. The van der Waals surface area contributed by atoms with E-state index in [0.29, 0.717) is 12.1 Å². The normalized spacial score (nSPS) is 11.9. The average Bonchev–Trinajstić information content (AvgIpc) is 3.29. The van der Waals surface area contributed by atoms with Gasteiger partial charge in [-0.1, -0.05) is 13.8 Å². The molecule has 1 N–H and O–H groups in total. The van der Waals surface area contributed by atoms with Gasteiger partial charge in [0.25, 0.3) is 5.91 Å². The van der Waals surface area contributed by atoms with Crippen molar-refractivity contribution in [1.29, 1.82) is 0 Å². The summed E-state index contributed by atoms with van der Waals surface area (Å²) in [7, 11) is 1.26. The van der Waals surface area contributed by atoms with Crippen LogP contribution in [-0.4, -0.2) is 42.6 Å². The van der Waals surface area contributed by atoms with Crippen molar-refractivity contribution in [2.75, 3.05) is 13.7 Å². The van der Waals surface area contributed by atoms with E-state index in [-0.39, 0.29) is 12.3 Å². The third-order valence-corrected chi connectivity index (χ3v) is 5.16. The highest BCUT2D eigenvalue weighted by molar-refractivity contribution is 7.14. The molecular weight excluding hydrogens is 388 g/mol. The van der Waals surface area contributed by atoms with Crippen molar-refractivity contribution in [3.8, 4) is 10.6 Å². The van der Waals surface area contributed by atoms with Crippen molar-refractivity contribution in [2.24, 2.45) is 5.92 Å². The molecule has 7 nitrogen and oxygen atoms in total. The number of hydrogen-bond donors (Lipinski definition) is 1. The number of carbonyl (C=O) groups is 3. The molecule has 146 valence electrons. The van der Waals surface area contributed by atoms with Crippen LogP contribution in [0.15, 0.2) is 22.2 Å². The fourth-order valence-corrected chi connectivity index (χ4v) is 3.85. The van der Waals surface area contributed by atoms with Crippen LogP contribution < -0.4 is 5.32 Å². The van der Waals surface area contributed by atoms with E-state index in [0.717, 1.165) is 10.6 Å². The largest absolute Gasteiger partial charge is 0.467 e. The minimum Gasteiger partial charge on any atom is -0.467 e. The molecule has 0 aliphatic rings. The highest BCUT2D eigenvalue weighted by atomic mass is 32.1. The molecule has 2 heterocycles. The molecule has 0 aliphatic heterocycles. The van der Waals surface area contributed by atoms with E-state index in [9.17, 15) is 14.4 Å². The molecule has 0 saturated carbocycles. The van der Waals surface area contributed by atoms with Gasteiger partial charge in [0.2, 0.25) is 0 Å². The Bertz CT molecular complexity index is 771. The molecule has 0 spiro atoms. The highest BCUT2D eigenvalue weighted by Gasteiger charge is 2.23. The molecule has 0 saturated heterocycles. The van der Waals surface area contributed by atoms with Gasteiger partial charge in [0.05, 0.1) is 19.2 Å². The number of nitrogens with zero attached hydrogens (tertiary/aromatic N) is 1. The minimum absolute atomic E-state index is 0.0136. The Morgan fingerprint density at radius 3 is 2.67 bits per heavy atom. The van der Waals surface area contributed by atoms with Crippen LogP contribution >= 0.6 is 22.7 Å². The number of amides is 1. The lowest BCUT2D eigenvalue weighted by molar-refractivity contribution is -0.150. The molecule has 0 bridgehead atoms. The first-order chi connectivity index (χ1) is 12.9. The van der Waals surface area contributed by atoms with Gasteiger partial charge in [-0.25, -0.2) is 9.78 Å². The van der Waals surface area contributed by atoms with E-state index in [4.69, 9.17) is 4.74 Å². The third-order valence-electron chi connectivity index (χ3n) is 3.54. The van der Waals surface area contributed by atoms with Crippen LogP contribution in [0.4, 0.5) is 0 Å². The van der Waals surface area contributed by atoms with Crippen molar-refractivity contribution in [3.63, 3.8) is 0 Å². The number of aromatic nitrogens is 1. The van der Waals surface area contributed by atoms with E-state index in [1.54, 1.807) is 16.7 Å². The van der Waals surface area contributed by atoms with Crippen LogP contribution in [0.5, 0.6) is 0 Å². The number of methoxy groups -OCH3 is 1. The lowest BCUT2D eigenvalue weighted by Gasteiger charge is -2.18. The first-order valence-electron chi connectivity index (χ1n) is 8.38. The van der Waals surface area contributed by atoms with Crippen LogP contribution in [0.25, 0.3) is 10.6 Å². The molecule has 2 aromatic heterocycles. The summed E-state index contributed by atoms with van der Waals surface area (Å²) < 4.78 is 9.67. The Labute approximate surface area is 165 Å². The molecule has 2 aromatic rings. The van der Waals surface area contributed by atoms with Crippen molar-refractivity contribution in [2.45, 2.75) is 32.7 Å². The van der Waals surface area contributed by atoms with Crippen LogP contribution in [0.2, 0.25) is 0 Å².